The van der Waals surface area contributed by atoms with E-state index in [-0.39, 0.29) is 36.3 Å². The van der Waals surface area contributed by atoms with Crippen molar-refractivity contribution in [3.63, 3.8) is 0 Å². The van der Waals surface area contributed by atoms with Crippen LogP contribution in [0, 0.1) is 23.0 Å². The van der Waals surface area contributed by atoms with Crippen LogP contribution in [0.2, 0.25) is 0 Å². The van der Waals surface area contributed by atoms with Crippen LogP contribution < -0.4 is 9.64 Å². The lowest BCUT2D eigenvalue weighted by molar-refractivity contribution is 0.183. The van der Waals surface area contributed by atoms with Crippen molar-refractivity contribution in [2.75, 3.05) is 44.3 Å². The summed E-state index contributed by atoms with van der Waals surface area (Å²) >= 11 is 0. The SMILES string of the molecule is CC(C)(CN1CCN(c2ccc(OCCO)cc2C#N)[C@H](Cc2ccc(F)cc2)C1)c1ccc(F)cn1. The molecule has 2 heterocycles. The predicted octanol–water partition coefficient (Wildman–Crippen LogP) is 4.31. The molecular weight excluding hydrogens is 474 g/mol. The van der Waals surface area contributed by atoms with Crippen LogP contribution in [-0.4, -0.2) is 60.4 Å². The van der Waals surface area contributed by atoms with Crippen LogP contribution in [0.3, 0.4) is 0 Å². The molecule has 0 radical (unpaired) electrons. The van der Waals surface area contributed by atoms with Crippen molar-refractivity contribution in [1.82, 2.24) is 9.88 Å². The highest BCUT2D eigenvalue weighted by Gasteiger charge is 2.33. The van der Waals surface area contributed by atoms with Crippen molar-refractivity contribution in [1.29, 1.82) is 5.26 Å². The molecule has 1 atom stereocenters. The fourth-order valence-electron chi connectivity index (χ4n) is 4.97. The molecule has 0 aliphatic carbocycles. The molecule has 1 N–H and O–H groups in total. The number of aliphatic hydroxyl groups is 1. The van der Waals surface area contributed by atoms with Crippen LogP contribution >= 0.6 is 0 Å². The molecule has 4 rings (SSSR count). The summed E-state index contributed by atoms with van der Waals surface area (Å²) in [7, 11) is 0. The Morgan fingerprint density at radius 1 is 1.08 bits per heavy atom. The van der Waals surface area contributed by atoms with Gasteiger partial charge in [-0.25, -0.2) is 8.78 Å². The van der Waals surface area contributed by atoms with Crippen molar-refractivity contribution in [2.45, 2.75) is 31.7 Å². The van der Waals surface area contributed by atoms with Gasteiger partial charge >= 0.3 is 0 Å². The average molecular weight is 507 g/mol. The second kappa shape index (κ2) is 11.7. The molecule has 6 nitrogen and oxygen atoms in total. The van der Waals surface area contributed by atoms with Gasteiger partial charge in [0.1, 0.15) is 30.1 Å². The van der Waals surface area contributed by atoms with Gasteiger partial charge in [0.25, 0.3) is 0 Å². The number of aliphatic hydroxyl groups excluding tert-OH is 1. The predicted molar refractivity (Wildman–Crippen MR) is 139 cm³/mol. The molecule has 1 aliphatic heterocycles. The Balaban J connectivity index is 1.58. The summed E-state index contributed by atoms with van der Waals surface area (Å²) in [5.74, 6) is -0.0881. The van der Waals surface area contributed by atoms with E-state index < -0.39 is 0 Å². The van der Waals surface area contributed by atoms with Crippen molar-refractivity contribution >= 4 is 5.69 Å². The Labute approximate surface area is 216 Å². The molecule has 1 saturated heterocycles. The zero-order valence-corrected chi connectivity index (χ0v) is 21.2. The van der Waals surface area contributed by atoms with Crippen LogP contribution in [0.15, 0.2) is 60.8 Å². The van der Waals surface area contributed by atoms with E-state index in [2.05, 4.69) is 34.7 Å². The largest absolute Gasteiger partial charge is 0.491 e. The number of hydrogen-bond donors (Lipinski definition) is 1. The molecule has 0 bridgehead atoms. The Morgan fingerprint density at radius 2 is 1.84 bits per heavy atom. The summed E-state index contributed by atoms with van der Waals surface area (Å²) in [4.78, 5) is 8.94. The van der Waals surface area contributed by atoms with Crippen LogP contribution in [0.25, 0.3) is 0 Å². The lowest BCUT2D eigenvalue weighted by atomic mass is 9.87. The average Bonchev–Trinajstić information content (AvgIpc) is 2.89. The Hall–Kier alpha value is -3.54. The smallest absolute Gasteiger partial charge is 0.141 e. The molecular formula is C29H32F2N4O2. The van der Waals surface area contributed by atoms with Gasteiger partial charge in [0, 0.05) is 43.3 Å². The second-order valence-corrected chi connectivity index (χ2v) is 10.0. The number of ether oxygens (including phenoxy) is 1. The Kier molecular flexibility index (Phi) is 8.37. The van der Waals surface area contributed by atoms with Crippen molar-refractivity contribution < 1.29 is 18.6 Å². The minimum absolute atomic E-state index is 0.0347. The number of rotatable bonds is 9. The first-order valence-corrected chi connectivity index (χ1v) is 12.4. The number of aromatic nitrogens is 1. The summed E-state index contributed by atoms with van der Waals surface area (Å²) in [6.07, 6.45) is 1.93. The summed E-state index contributed by atoms with van der Waals surface area (Å²) in [6.45, 7) is 7.21. The maximum absolute atomic E-state index is 13.6. The number of pyridine rings is 1. The van der Waals surface area contributed by atoms with Crippen LogP contribution in [0.5, 0.6) is 5.75 Å². The second-order valence-electron chi connectivity index (χ2n) is 10.0. The molecule has 8 heteroatoms. The highest BCUT2D eigenvalue weighted by Crippen LogP contribution is 2.31. The first-order valence-electron chi connectivity index (χ1n) is 12.4. The normalized spacial score (nSPS) is 16.4. The topological polar surface area (TPSA) is 72.6 Å². The molecule has 0 saturated carbocycles. The molecule has 1 aromatic heterocycles. The van der Waals surface area contributed by atoms with E-state index in [1.54, 1.807) is 24.3 Å². The maximum Gasteiger partial charge on any atom is 0.141 e. The fraction of sp³-hybridized carbons (Fsp3) is 0.379. The van der Waals surface area contributed by atoms with Gasteiger partial charge in [-0.2, -0.15) is 5.26 Å². The first-order chi connectivity index (χ1) is 17.8. The lowest BCUT2D eigenvalue weighted by Gasteiger charge is -2.45. The molecule has 0 amide bonds. The van der Waals surface area contributed by atoms with Crippen molar-refractivity contribution in [3.8, 4) is 11.8 Å². The number of benzene rings is 2. The van der Waals surface area contributed by atoms with E-state index in [0.29, 0.717) is 24.3 Å². The molecule has 3 aromatic rings. The van der Waals surface area contributed by atoms with Gasteiger partial charge in [0.05, 0.1) is 24.1 Å². The van der Waals surface area contributed by atoms with Crippen LogP contribution in [0.4, 0.5) is 14.5 Å². The summed E-state index contributed by atoms with van der Waals surface area (Å²) < 4.78 is 32.5. The standard InChI is InChI=1S/C29H32F2N4O2/c1-29(2,28-10-7-24(31)18-33-28)20-34-11-12-35(25(19-34)15-21-3-5-23(30)6-4-21)27-9-8-26(37-14-13-36)16-22(27)17-32/h3-10,16,18,25,36H,11-15,19-20H2,1-2H3/t25-/m1/s1. The van der Waals surface area contributed by atoms with Crippen LogP contribution in [-0.2, 0) is 11.8 Å². The molecule has 0 spiro atoms. The summed E-state index contributed by atoms with van der Waals surface area (Å²) in [6, 6.07) is 17.5. The van der Waals surface area contributed by atoms with E-state index in [0.717, 1.165) is 36.6 Å². The number of piperazine rings is 1. The number of nitriles is 1. The van der Waals surface area contributed by atoms with Crippen molar-refractivity contribution in [3.05, 3.63) is 89.2 Å². The number of halogens is 2. The van der Waals surface area contributed by atoms with E-state index in [1.165, 1.54) is 24.4 Å². The highest BCUT2D eigenvalue weighted by atomic mass is 19.1. The number of nitrogens with zero attached hydrogens (tertiary/aromatic N) is 4. The lowest BCUT2D eigenvalue weighted by Crippen LogP contribution is -2.56. The molecule has 194 valence electrons. The third-order valence-electron chi connectivity index (χ3n) is 6.75. The maximum atomic E-state index is 13.6. The monoisotopic (exact) mass is 506 g/mol. The van der Waals surface area contributed by atoms with Gasteiger partial charge in [0.2, 0.25) is 0 Å². The molecule has 1 aliphatic rings. The zero-order chi connectivity index (χ0) is 26.4. The molecule has 37 heavy (non-hydrogen) atoms. The Bertz CT molecular complexity index is 1230. The van der Waals surface area contributed by atoms with Crippen molar-refractivity contribution in [2.24, 2.45) is 0 Å². The minimum atomic E-state index is -0.353. The molecule has 0 unspecified atom stereocenters. The molecule has 1 fully saturated rings. The highest BCUT2D eigenvalue weighted by molar-refractivity contribution is 5.62. The Morgan fingerprint density at radius 3 is 2.51 bits per heavy atom. The zero-order valence-electron chi connectivity index (χ0n) is 21.2. The third kappa shape index (κ3) is 6.62. The van der Waals surface area contributed by atoms with E-state index >= 15 is 0 Å². The molecule has 2 aromatic carbocycles. The van der Waals surface area contributed by atoms with E-state index in [1.807, 2.05) is 12.1 Å². The number of anilines is 1. The quantitative estimate of drug-likeness (QED) is 0.466. The van der Waals surface area contributed by atoms with Gasteiger partial charge in [-0.3, -0.25) is 9.88 Å². The van der Waals surface area contributed by atoms with E-state index in [9.17, 15) is 14.0 Å². The van der Waals surface area contributed by atoms with Gasteiger partial charge in [-0.05, 0) is 54.4 Å². The van der Waals surface area contributed by atoms with Crippen LogP contribution in [0.1, 0.15) is 30.7 Å². The summed E-state index contributed by atoms with van der Waals surface area (Å²) in [5.41, 5.74) is 2.88. The summed E-state index contributed by atoms with van der Waals surface area (Å²) in [5, 5.41) is 18.9. The van der Waals surface area contributed by atoms with Gasteiger partial charge in [0.15, 0.2) is 0 Å². The van der Waals surface area contributed by atoms with Gasteiger partial charge in [-0.1, -0.05) is 26.0 Å². The number of hydrogen-bond acceptors (Lipinski definition) is 6. The fourth-order valence-corrected chi connectivity index (χ4v) is 4.97. The van der Waals surface area contributed by atoms with Gasteiger partial charge in [-0.15, -0.1) is 0 Å². The minimum Gasteiger partial charge on any atom is -0.491 e. The first kappa shape index (κ1) is 26.5. The third-order valence-corrected chi connectivity index (χ3v) is 6.75. The van der Waals surface area contributed by atoms with E-state index in [4.69, 9.17) is 9.84 Å². The van der Waals surface area contributed by atoms with Gasteiger partial charge < -0.3 is 14.7 Å².